The molecule has 1 amide bonds. The summed E-state index contributed by atoms with van der Waals surface area (Å²) < 4.78 is 12.8. The monoisotopic (exact) mass is 223 g/mol. The molecule has 1 aromatic carbocycles. The van der Waals surface area contributed by atoms with Gasteiger partial charge in [-0.2, -0.15) is 0 Å². The number of phenols is 1. The largest absolute Gasteiger partial charge is 0.505 e. The summed E-state index contributed by atoms with van der Waals surface area (Å²) >= 11 is 0. The first-order valence-corrected chi connectivity index (χ1v) is 5.42. The highest BCUT2D eigenvalue weighted by molar-refractivity contribution is 5.79. The zero-order valence-corrected chi connectivity index (χ0v) is 8.95. The Morgan fingerprint density at radius 2 is 2.06 bits per heavy atom. The Labute approximate surface area is 93.5 Å². The van der Waals surface area contributed by atoms with Crippen molar-refractivity contribution < 1.29 is 14.3 Å². The van der Waals surface area contributed by atoms with E-state index in [1.807, 2.05) is 0 Å². The lowest BCUT2D eigenvalue weighted by molar-refractivity contribution is -0.129. The van der Waals surface area contributed by atoms with Crippen LogP contribution in [-0.2, 0) is 11.2 Å². The van der Waals surface area contributed by atoms with Crippen molar-refractivity contribution in [1.82, 2.24) is 4.90 Å². The first-order chi connectivity index (χ1) is 7.66. The molecule has 1 aromatic rings. The maximum absolute atomic E-state index is 12.8. The van der Waals surface area contributed by atoms with E-state index in [1.54, 1.807) is 4.90 Å². The topological polar surface area (TPSA) is 40.5 Å². The highest BCUT2D eigenvalue weighted by Gasteiger charge is 2.18. The summed E-state index contributed by atoms with van der Waals surface area (Å²) in [5, 5.41) is 9.18. The molecule has 1 fully saturated rings. The SMILES string of the molecule is O=C(Cc1ccc(F)c(O)c1)N1CCCC1. The van der Waals surface area contributed by atoms with Crippen LogP contribution in [0.5, 0.6) is 5.75 Å². The summed E-state index contributed by atoms with van der Waals surface area (Å²) in [4.78, 5) is 13.6. The smallest absolute Gasteiger partial charge is 0.226 e. The molecule has 0 unspecified atom stereocenters. The Kier molecular flexibility index (Phi) is 3.08. The van der Waals surface area contributed by atoms with Gasteiger partial charge in [0.1, 0.15) is 0 Å². The van der Waals surface area contributed by atoms with Gasteiger partial charge < -0.3 is 10.0 Å². The maximum atomic E-state index is 12.8. The molecule has 0 radical (unpaired) electrons. The zero-order chi connectivity index (χ0) is 11.5. The van der Waals surface area contributed by atoms with Crippen molar-refractivity contribution in [2.24, 2.45) is 0 Å². The predicted molar refractivity (Wildman–Crippen MR) is 57.6 cm³/mol. The molecule has 0 spiro atoms. The molecule has 1 N–H and O–H groups in total. The third-order valence-electron chi connectivity index (χ3n) is 2.82. The van der Waals surface area contributed by atoms with Gasteiger partial charge in [0.15, 0.2) is 11.6 Å². The molecule has 1 aliphatic rings. The Hall–Kier alpha value is -1.58. The predicted octanol–water partition coefficient (Wildman–Crippen LogP) is 1.70. The molecule has 16 heavy (non-hydrogen) atoms. The lowest BCUT2D eigenvalue weighted by Crippen LogP contribution is -2.29. The molecular formula is C12H14FNO2. The number of hydrogen-bond acceptors (Lipinski definition) is 2. The number of amides is 1. The second-order valence-electron chi connectivity index (χ2n) is 4.05. The lowest BCUT2D eigenvalue weighted by Gasteiger charge is -2.15. The van der Waals surface area contributed by atoms with E-state index in [9.17, 15) is 14.3 Å². The number of nitrogens with zero attached hydrogens (tertiary/aromatic N) is 1. The van der Waals surface area contributed by atoms with E-state index in [0.29, 0.717) is 5.56 Å². The van der Waals surface area contributed by atoms with Crippen LogP contribution >= 0.6 is 0 Å². The van der Waals surface area contributed by atoms with Crippen LogP contribution in [0.15, 0.2) is 18.2 Å². The van der Waals surface area contributed by atoms with Crippen molar-refractivity contribution in [3.05, 3.63) is 29.6 Å². The molecule has 0 bridgehead atoms. The number of likely N-dealkylation sites (tertiary alicyclic amines) is 1. The number of carbonyl (C=O) groups is 1. The second kappa shape index (κ2) is 4.51. The van der Waals surface area contributed by atoms with Gasteiger partial charge in [0.2, 0.25) is 5.91 Å². The van der Waals surface area contributed by atoms with E-state index >= 15 is 0 Å². The highest BCUT2D eigenvalue weighted by Crippen LogP contribution is 2.18. The van der Waals surface area contributed by atoms with E-state index < -0.39 is 11.6 Å². The summed E-state index contributed by atoms with van der Waals surface area (Å²) in [5.74, 6) is -1.01. The molecule has 0 aromatic heterocycles. The van der Waals surface area contributed by atoms with Crippen molar-refractivity contribution in [1.29, 1.82) is 0 Å². The summed E-state index contributed by atoms with van der Waals surface area (Å²) in [6, 6.07) is 4.02. The summed E-state index contributed by atoms with van der Waals surface area (Å²) in [6.07, 6.45) is 2.34. The number of aromatic hydroxyl groups is 1. The third-order valence-corrected chi connectivity index (χ3v) is 2.82. The van der Waals surface area contributed by atoms with E-state index in [4.69, 9.17) is 0 Å². The van der Waals surface area contributed by atoms with Crippen molar-refractivity contribution in [2.45, 2.75) is 19.3 Å². The fourth-order valence-corrected chi connectivity index (χ4v) is 1.92. The van der Waals surface area contributed by atoms with E-state index in [-0.39, 0.29) is 12.3 Å². The first kappa shape index (κ1) is 10.9. The Balaban J connectivity index is 2.02. The number of rotatable bonds is 2. The molecule has 1 aliphatic heterocycles. The van der Waals surface area contributed by atoms with Gasteiger partial charge in [-0.3, -0.25) is 4.79 Å². The zero-order valence-electron chi connectivity index (χ0n) is 8.95. The first-order valence-electron chi connectivity index (χ1n) is 5.42. The van der Waals surface area contributed by atoms with Gasteiger partial charge >= 0.3 is 0 Å². The van der Waals surface area contributed by atoms with Crippen LogP contribution in [0.2, 0.25) is 0 Å². The van der Waals surface area contributed by atoms with Gasteiger partial charge in [0.05, 0.1) is 6.42 Å². The van der Waals surface area contributed by atoms with Gasteiger partial charge in [-0.15, -0.1) is 0 Å². The number of phenolic OH excluding ortho intramolecular Hbond substituents is 1. The normalized spacial score (nSPS) is 15.4. The number of hydrogen-bond donors (Lipinski definition) is 1. The fourth-order valence-electron chi connectivity index (χ4n) is 1.92. The van der Waals surface area contributed by atoms with Crippen LogP contribution in [0.25, 0.3) is 0 Å². The molecule has 1 saturated heterocycles. The van der Waals surface area contributed by atoms with Crippen LogP contribution < -0.4 is 0 Å². The molecular weight excluding hydrogens is 209 g/mol. The minimum atomic E-state index is -0.655. The van der Waals surface area contributed by atoms with Crippen molar-refractivity contribution in [3.63, 3.8) is 0 Å². The average Bonchev–Trinajstić information content (AvgIpc) is 2.77. The Bertz CT molecular complexity index is 400. The summed E-state index contributed by atoms with van der Waals surface area (Å²) in [5.41, 5.74) is 0.649. The van der Waals surface area contributed by atoms with Gasteiger partial charge in [-0.05, 0) is 30.5 Å². The van der Waals surface area contributed by atoms with Crippen LogP contribution in [0, 0.1) is 5.82 Å². The number of halogens is 1. The van der Waals surface area contributed by atoms with Crippen molar-refractivity contribution in [2.75, 3.05) is 13.1 Å². The van der Waals surface area contributed by atoms with E-state index in [2.05, 4.69) is 0 Å². The van der Waals surface area contributed by atoms with E-state index in [1.165, 1.54) is 18.2 Å². The molecule has 4 heteroatoms. The molecule has 0 atom stereocenters. The Morgan fingerprint density at radius 3 is 2.69 bits per heavy atom. The maximum Gasteiger partial charge on any atom is 0.226 e. The van der Waals surface area contributed by atoms with Crippen LogP contribution in [0.3, 0.4) is 0 Å². The van der Waals surface area contributed by atoms with Gasteiger partial charge in [-0.25, -0.2) is 4.39 Å². The number of carbonyl (C=O) groups excluding carboxylic acids is 1. The Morgan fingerprint density at radius 1 is 1.38 bits per heavy atom. The highest BCUT2D eigenvalue weighted by atomic mass is 19.1. The van der Waals surface area contributed by atoms with Gasteiger partial charge in [0, 0.05) is 13.1 Å². The minimum Gasteiger partial charge on any atom is -0.505 e. The molecule has 2 rings (SSSR count). The van der Waals surface area contributed by atoms with Crippen molar-refractivity contribution >= 4 is 5.91 Å². The molecule has 86 valence electrons. The third kappa shape index (κ3) is 2.32. The van der Waals surface area contributed by atoms with Crippen molar-refractivity contribution in [3.8, 4) is 5.75 Å². The molecule has 3 nitrogen and oxygen atoms in total. The fraction of sp³-hybridized carbons (Fsp3) is 0.417. The van der Waals surface area contributed by atoms with E-state index in [0.717, 1.165) is 25.9 Å². The lowest BCUT2D eigenvalue weighted by atomic mass is 10.1. The van der Waals surface area contributed by atoms with Gasteiger partial charge in [-0.1, -0.05) is 6.07 Å². The average molecular weight is 223 g/mol. The van der Waals surface area contributed by atoms with Gasteiger partial charge in [0.25, 0.3) is 0 Å². The quantitative estimate of drug-likeness (QED) is 0.829. The summed E-state index contributed by atoms with van der Waals surface area (Å²) in [6.45, 7) is 1.62. The van der Waals surface area contributed by atoms with Crippen LogP contribution in [0.1, 0.15) is 18.4 Å². The summed E-state index contributed by atoms with van der Waals surface area (Å²) in [7, 11) is 0. The van der Waals surface area contributed by atoms with Crippen LogP contribution in [0.4, 0.5) is 4.39 Å². The molecule has 1 heterocycles. The second-order valence-corrected chi connectivity index (χ2v) is 4.05. The standard InChI is InChI=1S/C12H14FNO2/c13-10-4-3-9(7-11(10)15)8-12(16)14-5-1-2-6-14/h3-4,7,15H,1-2,5-6,8H2. The molecule has 0 aliphatic carbocycles. The number of benzene rings is 1. The van der Waals surface area contributed by atoms with Crippen LogP contribution in [-0.4, -0.2) is 29.0 Å². The molecule has 0 saturated carbocycles. The minimum absolute atomic E-state index is 0.0449.